The molecule has 0 atom stereocenters. The number of nitro groups is 1. The van der Waals surface area contributed by atoms with E-state index in [2.05, 4.69) is 31.4 Å². The van der Waals surface area contributed by atoms with Crippen LogP contribution in [0.1, 0.15) is 11.1 Å². The molecular formula is C19H13BrClFN4O3. The van der Waals surface area contributed by atoms with Gasteiger partial charge in [-0.3, -0.25) is 15.5 Å². The van der Waals surface area contributed by atoms with Gasteiger partial charge >= 0.3 is 0 Å². The predicted molar refractivity (Wildman–Crippen MR) is 112 cm³/mol. The third-order valence-electron chi connectivity index (χ3n) is 3.64. The molecule has 0 fully saturated rings. The van der Waals surface area contributed by atoms with Crippen LogP contribution in [0, 0.1) is 15.9 Å². The number of hydrogen-bond donors (Lipinski definition) is 1. The minimum atomic E-state index is -0.530. The number of ether oxygens (including phenoxy) is 1. The number of aromatic nitrogens is 1. The number of hydrogen-bond acceptors (Lipinski definition) is 6. The Bertz CT molecular complexity index is 1040. The fourth-order valence-corrected chi connectivity index (χ4v) is 3.30. The van der Waals surface area contributed by atoms with Crippen LogP contribution >= 0.6 is 27.5 Å². The molecule has 0 radical (unpaired) electrons. The van der Waals surface area contributed by atoms with Crippen LogP contribution in [-0.2, 0) is 6.61 Å². The number of hydrazone groups is 1. The lowest BCUT2D eigenvalue weighted by Gasteiger charge is -2.11. The Labute approximate surface area is 178 Å². The Morgan fingerprint density at radius 1 is 1.31 bits per heavy atom. The second-order valence-corrected chi connectivity index (χ2v) is 7.02. The predicted octanol–water partition coefficient (Wildman–Crippen LogP) is 5.57. The van der Waals surface area contributed by atoms with Crippen molar-refractivity contribution in [2.24, 2.45) is 5.10 Å². The van der Waals surface area contributed by atoms with Crippen LogP contribution in [-0.4, -0.2) is 16.1 Å². The van der Waals surface area contributed by atoms with Gasteiger partial charge < -0.3 is 4.74 Å². The molecule has 0 aliphatic rings. The van der Waals surface area contributed by atoms with E-state index in [9.17, 15) is 14.5 Å². The van der Waals surface area contributed by atoms with Gasteiger partial charge in [-0.1, -0.05) is 23.7 Å². The van der Waals surface area contributed by atoms with E-state index in [1.807, 2.05) is 0 Å². The molecule has 0 saturated heterocycles. The molecule has 29 heavy (non-hydrogen) atoms. The third kappa shape index (κ3) is 5.72. The van der Waals surface area contributed by atoms with Gasteiger partial charge in [-0.25, -0.2) is 9.37 Å². The first-order chi connectivity index (χ1) is 13.9. The van der Waals surface area contributed by atoms with Gasteiger partial charge in [-0.15, -0.1) is 0 Å². The largest absolute Gasteiger partial charge is 0.486 e. The molecule has 1 N–H and O–H groups in total. The van der Waals surface area contributed by atoms with E-state index in [4.69, 9.17) is 16.3 Å². The van der Waals surface area contributed by atoms with Crippen molar-refractivity contribution in [3.63, 3.8) is 0 Å². The number of anilines is 1. The van der Waals surface area contributed by atoms with Gasteiger partial charge in [0.2, 0.25) is 0 Å². The van der Waals surface area contributed by atoms with E-state index in [0.29, 0.717) is 32.2 Å². The summed E-state index contributed by atoms with van der Waals surface area (Å²) < 4.78 is 19.6. The minimum Gasteiger partial charge on any atom is -0.486 e. The topological polar surface area (TPSA) is 89.7 Å². The van der Waals surface area contributed by atoms with E-state index in [-0.39, 0.29) is 18.1 Å². The van der Waals surface area contributed by atoms with Gasteiger partial charge in [0.15, 0.2) is 5.75 Å². The first-order valence-electron chi connectivity index (χ1n) is 8.18. The van der Waals surface area contributed by atoms with Crippen molar-refractivity contribution in [1.29, 1.82) is 0 Å². The average molecular weight is 480 g/mol. The highest BCUT2D eigenvalue weighted by Gasteiger charge is 2.10. The number of halogens is 3. The van der Waals surface area contributed by atoms with Crippen LogP contribution in [0.2, 0.25) is 5.02 Å². The van der Waals surface area contributed by atoms with Crippen molar-refractivity contribution < 1.29 is 14.1 Å². The lowest BCUT2D eigenvalue weighted by atomic mass is 10.2. The van der Waals surface area contributed by atoms with Crippen molar-refractivity contribution in [3.05, 3.63) is 91.3 Å². The summed E-state index contributed by atoms with van der Waals surface area (Å²) >= 11 is 9.69. The summed E-state index contributed by atoms with van der Waals surface area (Å²) in [5, 5.41) is 15.0. The second-order valence-electron chi connectivity index (χ2n) is 5.76. The van der Waals surface area contributed by atoms with E-state index in [0.717, 1.165) is 6.20 Å². The normalized spacial score (nSPS) is 10.9. The average Bonchev–Trinajstić information content (AvgIpc) is 2.68. The van der Waals surface area contributed by atoms with Crippen LogP contribution in [0.4, 0.5) is 15.9 Å². The molecule has 10 heteroatoms. The highest BCUT2D eigenvalue weighted by molar-refractivity contribution is 9.10. The maximum Gasteiger partial charge on any atom is 0.287 e. The van der Waals surface area contributed by atoms with Gasteiger partial charge in [0, 0.05) is 6.07 Å². The van der Waals surface area contributed by atoms with Gasteiger partial charge in [-0.05, 0) is 57.4 Å². The minimum absolute atomic E-state index is 0.107. The molecule has 0 bridgehead atoms. The Morgan fingerprint density at radius 2 is 2.14 bits per heavy atom. The summed E-state index contributed by atoms with van der Waals surface area (Å²) in [6.45, 7) is 0.164. The molecule has 0 saturated carbocycles. The summed E-state index contributed by atoms with van der Waals surface area (Å²) in [7, 11) is 0. The maximum atomic E-state index is 13.3. The molecule has 0 aliphatic carbocycles. The molecule has 3 aromatic rings. The monoisotopic (exact) mass is 478 g/mol. The number of benzene rings is 2. The number of pyridine rings is 1. The van der Waals surface area contributed by atoms with Crippen molar-refractivity contribution in [1.82, 2.24) is 4.98 Å². The van der Waals surface area contributed by atoms with E-state index >= 15 is 0 Å². The van der Waals surface area contributed by atoms with E-state index < -0.39 is 4.92 Å². The molecule has 0 spiro atoms. The first-order valence-corrected chi connectivity index (χ1v) is 9.35. The van der Waals surface area contributed by atoms with Crippen LogP contribution < -0.4 is 10.2 Å². The molecule has 0 aliphatic heterocycles. The lowest BCUT2D eigenvalue weighted by molar-refractivity contribution is -0.385. The highest BCUT2D eigenvalue weighted by Crippen LogP contribution is 2.34. The highest BCUT2D eigenvalue weighted by atomic mass is 79.9. The zero-order valence-corrected chi connectivity index (χ0v) is 17.0. The summed E-state index contributed by atoms with van der Waals surface area (Å²) in [6, 6.07) is 12.3. The van der Waals surface area contributed by atoms with E-state index in [1.54, 1.807) is 24.3 Å². The zero-order chi connectivity index (χ0) is 20.8. The Kier molecular flexibility index (Phi) is 6.73. The molecule has 3 rings (SSSR count). The van der Waals surface area contributed by atoms with Crippen molar-refractivity contribution in [2.75, 3.05) is 5.43 Å². The summed E-state index contributed by atoms with van der Waals surface area (Å²) in [5.74, 6) is 0.447. The van der Waals surface area contributed by atoms with Crippen molar-refractivity contribution in [2.45, 2.75) is 6.61 Å². The van der Waals surface area contributed by atoms with Gasteiger partial charge in [0.1, 0.15) is 24.4 Å². The summed E-state index contributed by atoms with van der Waals surface area (Å²) in [4.78, 5) is 14.0. The standard InChI is InChI=1S/C19H13BrClFN4O3/c20-16-7-13(9-24-25-18-5-4-15(10-23-18)26(27)28)8-17(21)19(16)29-11-12-2-1-3-14(22)6-12/h1-10H,11H2,(H,23,25)/b24-9-. The molecule has 7 nitrogen and oxygen atoms in total. The molecular weight excluding hydrogens is 467 g/mol. The molecule has 0 amide bonds. The number of rotatable bonds is 7. The SMILES string of the molecule is O=[N+]([O-])c1ccc(N/N=C\c2cc(Cl)c(OCc3cccc(F)c3)c(Br)c2)nc1. The van der Waals surface area contributed by atoms with E-state index in [1.165, 1.54) is 30.5 Å². The van der Waals surface area contributed by atoms with Crippen LogP contribution in [0.25, 0.3) is 0 Å². The molecule has 2 aromatic carbocycles. The third-order valence-corrected chi connectivity index (χ3v) is 4.51. The molecule has 1 heterocycles. The molecule has 148 valence electrons. The van der Waals surface area contributed by atoms with Crippen LogP contribution in [0.5, 0.6) is 5.75 Å². The van der Waals surface area contributed by atoms with Crippen molar-refractivity contribution in [3.8, 4) is 5.75 Å². The maximum absolute atomic E-state index is 13.3. The first kappa shape index (κ1) is 20.7. The zero-order valence-electron chi connectivity index (χ0n) is 14.7. The fraction of sp³-hybridized carbons (Fsp3) is 0.0526. The van der Waals surface area contributed by atoms with Crippen LogP contribution in [0.3, 0.4) is 0 Å². The molecule has 1 aromatic heterocycles. The number of nitrogens with zero attached hydrogens (tertiary/aromatic N) is 3. The van der Waals surface area contributed by atoms with Crippen molar-refractivity contribution >= 4 is 45.3 Å². The Morgan fingerprint density at radius 3 is 2.79 bits per heavy atom. The van der Waals surface area contributed by atoms with Gasteiger partial charge in [0.05, 0.1) is 20.6 Å². The summed E-state index contributed by atoms with van der Waals surface area (Å²) in [5.41, 5.74) is 3.92. The van der Waals surface area contributed by atoms with Gasteiger partial charge in [-0.2, -0.15) is 5.10 Å². The smallest absolute Gasteiger partial charge is 0.287 e. The summed E-state index contributed by atoms with van der Waals surface area (Å²) in [6.07, 6.45) is 2.64. The Hall–Kier alpha value is -3.04. The fourth-order valence-electron chi connectivity index (χ4n) is 2.31. The van der Waals surface area contributed by atoms with Crippen LogP contribution in [0.15, 0.2) is 64.3 Å². The second kappa shape index (κ2) is 9.44. The molecule has 0 unspecified atom stereocenters. The quantitative estimate of drug-likeness (QED) is 0.272. The van der Waals surface area contributed by atoms with Gasteiger partial charge in [0.25, 0.3) is 5.69 Å². The number of nitrogens with one attached hydrogen (secondary N) is 1. The Balaban J connectivity index is 1.65. The lowest BCUT2D eigenvalue weighted by Crippen LogP contribution is -1.98.